The summed E-state index contributed by atoms with van der Waals surface area (Å²) in [5.41, 5.74) is 8.02. The summed E-state index contributed by atoms with van der Waals surface area (Å²) in [6.07, 6.45) is 2.42. The Morgan fingerprint density at radius 3 is 2.46 bits per heavy atom. The molecule has 2 heteroatoms. The van der Waals surface area contributed by atoms with E-state index in [1.165, 1.54) is 18.4 Å². The number of hydrogen-bond donors (Lipinski definition) is 1. The average molecular weight is 174 g/mol. The van der Waals surface area contributed by atoms with Crippen LogP contribution in [-0.2, 0) is 0 Å². The van der Waals surface area contributed by atoms with Crippen molar-refractivity contribution in [1.82, 2.24) is 0 Å². The molecule has 1 aromatic carbocycles. The molecule has 2 N–H and O–H groups in total. The van der Waals surface area contributed by atoms with Gasteiger partial charge in [-0.1, -0.05) is 17.7 Å². The normalized spacial score (nSPS) is 17.5. The molecule has 0 radical (unpaired) electrons. The minimum atomic E-state index is 0.557. The maximum Gasteiger partial charge on any atom is 0.103 e. The van der Waals surface area contributed by atoms with E-state index in [0.29, 0.717) is 5.92 Å². The first kappa shape index (κ1) is 8.30. The summed E-state index contributed by atoms with van der Waals surface area (Å²) in [4.78, 5) is 4.36. The molecular weight excluding hydrogens is 160 g/mol. The second-order valence-corrected chi connectivity index (χ2v) is 3.65. The molecule has 68 valence electrons. The van der Waals surface area contributed by atoms with Gasteiger partial charge in [0.15, 0.2) is 0 Å². The third kappa shape index (κ3) is 2.08. The van der Waals surface area contributed by atoms with Crippen LogP contribution in [0.25, 0.3) is 0 Å². The Bertz CT molecular complexity index is 320. The summed E-state index contributed by atoms with van der Waals surface area (Å²) >= 11 is 0. The first-order chi connectivity index (χ1) is 6.25. The maximum absolute atomic E-state index is 5.80. The minimum Gasteiger partial charge on any atom is -0.387 e. The van der Waals surface area contributed by atoms with Crippen molar-refractivity contribution >= 4 is 11.5 Å². The molecule has 1 saturated carbocycles. The summed E-state index contributed by atoms with van der Waals surface area (Å²) in [7, 11) is 0. The van der Waals surface area contributed by atoms with Crippen molar-refractivity contribution in [2.75, 3.05) is 0 Å². The lowest BCUT2D eigenvalue weighted by Gasteiger charge is -1.98. The molecule has 1 aromatic rings. The quantitative estimate of drug-likeness (QED) is 0.542. The van der Waals surface area contributed by atoms with Crippen LogP contribution in [0.2, 0.25) is 0 Å². The van der Waals surface area contributed by atoms with Gasteiger partial charge < -0.3 is 5.73 Å². The molecule has 2 rings (SSSR count). The van der Waals surface area contributed by atoms with Crippen molar-refractivity contribution in [3.05, 3.63) is 29.8 Å². The van der Waals surface area contributed by atoms with Crippen LogP contribution in [0.15, 0.2) is 29.3 Å². The topological polar surface area (TPSA) is 38.4 Å². The van der Waals surface area contributed by atoms with Crippen molar-refractivity contribution in [2.45, 2.75) is 19.8 Å². The predicted octanol–water partition coefficient (Wildman–Crippen LogP) is 2.39. The van der Waals surface area contributed by atoms with Gasteiger partial charge in [0, 0.05) is 5.92 Å². The molecule has 0 amide bonds. The van der Waals surface area contributed by atoms with Crippen LogP contribution in [0, 0.1) is 12.8 Å². The Labute approximate surface area is 78.5 Å². The highest BCUT2D eigenvalue weighted by atomic mass is 14.9. The molecule has 0 heterocycles. The fourth-order valence-electron chi connectivity index (χ4n) is 1.24. The lowest BCUT2D eigenvalue weighted by molar-refractivity contribution is 1.15. The minimum absolute atomic E-state index is 0.557. The second-order valence-electron chi connectivity index (χ2n) is 3.65. The zero-order valence-corrected chi connectivity index (χ0v) is 7.83. The predicted molar refractivity (Wildman–Crippen MR) is 55.2 cm³/mol. The summed E-state index contributed by atoms with van der Waals surface area (Å²) in [5.74, 6) is 1.35. The first-order valence-corrected chi connectivity index (χ1v) is 4.66. The zero-order valence-electron chi connectivity index (χ0n) is 7.83. The molecule has 0 aliphatic heterocycles. The highest BCUT2D eigenvalue weighted by Crippen LogP contribution is 2.30. The van der Waals surface area contributed by atoms with Gasteiger partial charge in [-0.15, -0.1) is 0 Å². The third-order valence-electron chi connectivity index (χ3n) is 2.29. The van der Waals surface area contributed by atoms with Crippen molar-refractivity contribution in [2.24, 2.45) is 16.6 Å². The molecule has 1 aliphatic carbocycles. The van der Waals surface area contributed by atoms with Gasteiger partial charge in [0.25, 0.3) is 0 Å². The Balaban J connectivity index is 2.16. The number of nitrogens with two attached hydrogens (primary N) is 1. The van der Waals surface area contributed by atoms with E-state index in [4.69, 9.17) is 5.73 Å². The van der Waals surface area contributed by atoms with E-state index in [0.717, 1.165) is 11.5 Å². The number of nitrogens with zero attached hydrogens (tertiary/aromatic N) is 1. The summed E-state index contributed by atoms with van der Waals surface area (Å²) in [6.45, 7) is 2.07. The largest absolute Gasteiger partial charge is 0.387 e. The molecule has 0 aromatic heterocycles. The molecule has 0 atom stereocenters. The number of aliphatic imine (C=N–C) groups is 1. The smallest absolute Gasteiger partial charge is 0.103 e. The van der Waals surface area contributed by atoms with Gasteiger partial charge in [-0.2, -0.15) is 0 Å². The lowest BCUT2D eigenvalue weighted by Crippen LogP contribution is -2.12. The molecular formula is C11H14N2. The van der Waals surface area contributed by atoms with Crippen LogP contribution in [-0.4, -0.2) is 5.84 Å². The van der Waals surface area contributed by atoms with Gasteiger partial charge in [-0.3, -0.25) is 0 Å². The van der Waals surface area contributed by atoms with Crippen LogP contribution >= 0.6 is 0 Å². The average Bonchev–Trinajstić information content (AvgIpc) is 2.91. The fourth-order valence-corrected chi connectivity index (χ4v) is 1.24. The summed E-state index contributed by atoms with van der Waals surface area (Å²) in [6, 6.07) is 8.12. The fraction of sp³-hybridized carbons (Fsp3) is 0.364. The van der Waals surface area contributed by atoms with Crippen LogP contribution in [0.1, 0.15) is 18.4 Å². The second kappa shape index (κ2) is 3.21. The van der Waals surface area contributed by atoms with Crippen molar-refractivity contribution in [1.29, 1.82) is 0 Å². The molecule has 0 bridgehead atoms. The monoisotopic (exact) mass is 174 g/mol. The molecule has 1 fully saturated rings. The van der Waals surface area contributed by atoms with Gasteiger partial charge >= 0.3 is 0 Å². The standard InChI is InChI=1S/C11H14N2/c1-8-2-6-10(7-3-8)13-11(12)9-4-5-9/h2-3,6-7,9H,4-5H2,1H3,(H2,12,13). The number of benzene rings is 1. The molecule has 0 unspecified atom stereocenters. The molecule has 0 spiro atoms. The third-order valence-corrected chi connectivity index (χ3v) is 2.29. The van der Waals surface area contributed by atoms with E-state index < -0.39 is 0 Å². The number of hydrogen-bond acceptors (Lipinski definition) is 1. The van der Waals surface area contributed by atoms with Crippen LogP contribution in [0.3, 0.4) is 0 Å². The van der Waals surface area contributed by atoms with Crippen LogP contribution < -0.4 is 5.73 Å². The molecule has 2 nitrogen and oxygen atoms in total. The van der Waals surface area contributed by atoms with E-state index in [1.807, 2.05) is 12.1 Å². The molecule has 1 aliphatic rings. The van der Waals surface area contributed by atoms with Gasteiger partial charge in [0.1, 0.15) is 5.84 Å². The summed E-state index contributed by atoms with van der Waals surface area (Å²) in [5, 5.41) is 0. The molecule has 0 saturated heterocycles. The van der Waals surface area contributed by atoms with Gasteiger partial charge in [0.05, 0.1) is 5.69 Å². The van der Waals surface area contributed by atoms with E-state index in [9.17, 15) is 0 Å². The van der Waals surface area contributed by atoms with Crippen molar-refractivity contribution < 1.29 is 0 Å². The zero-order chi connectivity index (χ0) is 9.26. The van der Waals surface area contributed by atoms with Gasteiger partial charge in [-0.05, 0) is 31.9 Å². The van der Waals surface area contributed by atoms with E-state index in [1.54, 1.807) is 0 Å². The van der Waals surface area contributed by atoms with Crippen molar-refractivity contribution in [3.8, 4) is 0 Å². The Morgan fingerprint density at radius 1 is 1.31 bits per heavy atom. The van der Waals surface area contributed by atoms with E-state index >= 15 is 0 Å². The van der Waals surface area contributed by atoms with Gasteiger partial charge in [0.2, 0.25) is 0 Å². The number of amidine groups is 1. The van der Waals surface area contributed by atoms with E-state index in [2.05, 4.69) is 24.0 Å². The lowest BCUT2D eigenvalue weighted by atomic mass is 10.2. The Morgan fingerprint density at radius 2 is 1.92 bits per heavy atom. The maximum atomic E-state index is 5.80. The Hall–Kier alpha value is -1.31. The number of aryl methyl sites for hydroxylation is 1. The number of rotatable bonds is 2. The van der Waals surface area contributed by atoms with Crippen LogP contribution in [0.5, 0.6) is 0 Å². The summed E-state index contributed by atoms with van der Waals surface area (Å²) < 4.78 is 0. The van der Waals surface area contributed by atoms with Crippen molar-refractivity contribution in [3.63, 3.8) is 0 Å². The molecule has 13 heavy (non-hydrogen) atoms. The van der Waals surface area contributed by atoms with E-state index in [-0.39, 0.29) is 0 Å². The Kier molecular flexibility index (Phi) is 2.05. The first-order valence-electron chi connectivity index (χ1n) is 4.66. The highest BCUT2D eigenvalue weighted by Gasteiger charge is 2.25. The SMILES string of the molecule is Cc1ccc(N=C(N)C2CC2)cc1. The van der Waals surface area contributed by atoms with Gasteiger partial charge in [-0.25, -0.2) is 4.99 Å². The van der Waals surface area contributed by atoms with Crippen LogP contribution in [0.4, 0.5) is 5.69 Å². The highest BCUT2D eigenvalue weighted by molar-refractivity contribution is 5.87.